The molecule has 7 nitrogen and oxygen atoms in total. The molecule has 3 unspecified atom stereocenters. The Kier molecular flexibility index (Phi) is 8.21. The number of carbonyl (C=O) groups excluding carboxylic acids is 2. The highest BCUT2D eigenvalue weighted by atomic mass is 32.2. The molecule has 0 spiro atoms. The van der Waals surface area contributed by atoms with Crippen LogP contribution in [0.5, 0.6) is 0 Å². The molecule has 0 aliphatic heterocycles. The molecular weight excluding hydrogens is 500 g/mol. The van der Waals surface area contributed by atoms with Gasteiger partial charge in [-0.25, -0.2) is 13.2 Å². The van der Waals surface area contributed by atoms with E-state index in [1.165, 1.54) is 6.26 Å². The van der Waals surface area contributed by atoms with Gasteiger partial charge in [0.1, 0.15) is 6.61 Å². The van der Waals surface area contributed by atoms with Crippen molar-refractivity contribution in [1.82, 2.24) is 10.6 Å². The van der Waals surface area contributed by atoms with Gasteiger partial charge in [0.05, 0.1) is 10.9 Å². The fraction of sp³-hybridized carbons (Fsp3) is 0.333. The van der Waals surface area contributed by atoms with Crippen molar-refractivity contribution in [2.24, 2.45) is 17.3 Å². The molecule has 3 aromatic rings. The summed E-state index contributed by atoms with van der Waals surface area (Å²) in [4.78, 5) is 26.1. The maximum atomic E-state index is 13.0. The van der Waals surface area contributed by atoms with Gasteiger partial charge in [-0.2, -0.15) is 0 Å². The minimum atomic E-state index is -3.26. The summed E-state index contributed by atoms with van der Waals surface area (Å²) < 4.78 is 28.8. The Morgan fingerprint density at radius 1 is 0.947 bits per heavy atom. The normalized spacial score (nSPS) is 20.1. The van der Waals surface area contributed by atoms with E-state index in [2.05, 4.69) is 17.6 Å². The first-order chi connectivity index (χ1) is 18.1. The number of hydrogen-bond donors (Lipinski definition) is 2. The van der Waals surface area contributed by atoms with Crippen LogP contribution < -0.4 is 10.6 Å². The molecule has 0 heterocycles. The summed E-state index contributed by atoms with van der Waals surface area (Å²) in [5.74, 6) is -0.289. The molecule has 2 N–H and O–H groups in total. The Bertz CT molecular complexity index is 1360. The smallest absolute Gasteiger partial charge is 0.407 e. The number of rotatable bonds is 10. The van der Waals surface area contributed by atoms with Crippen molar-refractivity contribution >= 4 is 21.8 Å². The largest absolute Gasteiger partial charge is 0.445 e. The quantitative estimate of drug-likeness (QED) is 0.380. The van der Waals surface area contributed by atoms with Crippen LogP contribution in [-0.4, -0.2) is 26.7 Å². The zero-order chi connectivity index (χ0) is 27.3. The molecule has 1 saturated carbocycles. The van der Waals surface area contributed by atoms with E-state index in [1.54, 1.807) is 24.3 Å². The maximum absolute atomic E-state index is 13.0. The van der Waals surface area contributed by atoms with Crippen LogP contribution in [0.15, 0.2) is 89.8 Å². The second kappa shape index (κ2) is 11.4. The van der Waals surface area contributed by atoms with Gasteiger partial charge in [0, 0.05) is 18.7 Å². The number of hydrogen-bond acceptors (Lipinski definition) is 5. The standard InChI is InChI=1S/C30H34N2O5S/c1-21(28(33)31-19-22-14-16-25(17-15-22)38(3,35)36)26-18-30(26,2)27(24-12-8-5-9-13-24)32-29(34)37-20-23-10-6-4-7-11-23/h4-17,21,26-27H,18-20H2,1-3H3,(H,31,33)(H,32,34)/t21?,26?,27?,30-/m1/s1. The highest BCUT2D eigenvalue weighted by Gasteiger charge is 2.59. The Balaban J connectivity index is 1.39. The lowest BCUT2D eigenvalue weighted by Crippen LogP contribution is -2.37. The van der Waals surface area contributed by atoms with Crippen LogP contribution in [0.25, 0.3) is 0 Å². The van der Waals surface area contributed by atoms with Crippen LogP contribution in [0, 0.1) is 17.3 Å². The van der Waals surface area contributed by atoms with Gasteiger partial charge in [-0.05, 0) is 46.6 Å². The van der Waals surface area contributed by atoms with Gasteiger partial charge in [0.25, 0.3) is 0 Å². The molecule has 3 aromatic carbocycles. The molecule has 0 saturated heterocycles. The van der Waals surface area contributed by atoms with Crippen molar-refractivity contribution in [2.45, 2.75) is 44.4 Å². The molecule has 38 heavy (non-hydrogen) atoms. The number of carbonyl (C=O) groups is 2. The second-order valence-electron chi connectivity index (χ2n) is 10.3. The van der Waals surface area contributed by atoms with E-state index in [0.717, 1.165) is 23.1 Å². The summed E-state index contributed by atoms with van der Waals surface area (Å²) in [6.45, 7) is 4.50. The van der Waals surface area contributed by atoms with Gasteiger partial charge in [-0.15, -0.1) is 0 Å². The summed E-state index contributed by atoms with van der Waals surface area (Å²) in [6.07, 6.45) is 1.45. The van der Waals surface area contributed by atoms with Gasteiger partial charge in [0.15, 0.2) is 9.84 Å². The fourth-order valence-corrected chi connectivity index (χ4v) is 5.67. The number of alkyl carbamates (subject to hydrolysis) is 1. The topological polar surface area (TPSA) is 102 Å². The van der Waals surface area contributed by atoms with E-state index in [9.17, 15) is 18.0 Å². The minimum absolute atomic E-state index is 0.0646. The predicted octanol–water partition coefficient (Wildman–Crippen LogP) is 5.04. The lowest BCUT2D eigenvalue weighted by atomic mass is 9.86. The second-order valence-corrected chi connectivity index (χ2v) is 12.3. The Morgan fingerprint density at radius 3 is 2.16 bits per heavy atom. The highest BCUT2D eigenvalue weighted by molar-refractivity contribution is 7.90. The number of nitrogens with one attached hydrogen (secondary N) is 2. The monoisotopic (exact) mass is 534 g/mol. The van der Waals surface area contributed by atoms with Crippen LogP contribution in [0.1, 0.15) is 43.0 Å². The van der Waals surface area contributed by atoms with Gasteiger partial charge < -0.3 is 15.4 Å². The molecule has 1 aliphatic carbocycles. The summed E-state index contributed by atoms with van der Waals surface area (Å²) >= 11 is 0. The first-order valence-electron chi connectivity index (χ1n) is 12.7. The summed E-state index contributed by atoms with van der Waals surface area (Å²) in [6, 6.07) is 25.5. The Morgan fingerprint density at radius 2 is 1.55 bits per heavy atom. The average molecular weight is 535 g/mol. The average Bonchev–Trinajstić information content (AvgIpc) is 3.61. The first kappa shape index (κ1) is 27.4. The van der Waals surface area contributed by atoms with E-state index in [1.807, 2.05) is 67.6 Å². The number of amides is 2. The van der Waals surface area contributed by atoms with Gasteiger partial charge in [-0.1, -0.05) is 86.6 Å². The van der Waals surface area contributed by atoms with Crippen molar-refractivity contribution in [2.75, 3.05) is 6.26 Å². The van der Waals surface area contributed by atoms with Crippen LogP contribution >= 0.6 is 0 Å². The summed E-state index contributed by atoms with van der Waals surface area (Å²) in [7, 11) is -3.26. The third kappa shape index (κ3) is 6.61. The summed E-state index contributed by atoms with van der Waals surface area (Å²) in [5, 5.41) is 6.04. The zero-order valence-electron chi connectivity index (χ0n) is 21.9. The molecular formula is C30H34N2O5S. The molecule has 1 aliphatic rings. The molecule has 0 bridgehead atoms. The minimum Gasteiger partial charge on any atom is -0.445 e. The van der Waals surface area contributed by atoms with Crippen LogP contribution in [0.2, 0.25) is 0 Å². The Labute approximate surface area is 224 Å². The van der Waals surface area contributed by atoms with E-state index >= 15 is 0 Å². The summed E-state index contributed by atoms with van der Waals surface area (Å²) in [5.41, 5.74) is 2.38. The van der Waals surface area contributed by atoms with Gasteiger partial charge in [0.2, 0.25) is 5.91 Å². The SMILES string of the molecule is CC(C(=O)NCc1ccc(S(C)(=O)=O)cc1)C1C[C@@]1(C)C(NC(=O)OCc1ccccc1)c1ccccc1. The number of sulfone groups is 1. The number of ether oxygens (including phenoxy) is 1. The van der Waals surface area contributed by atoms with Gasteiger partial charge in [-0.3, -0.25) is 4.79 Å². The molecule has 8 heteroatoms. The highest BCUT2D eigenvalue weighted by Crippen LogP contribution is 2.63. The first-order valence-corrected chi connectivity index (χ1v) is 14.6. The van der Waals surface area contributed by atoms with Crippen molar-refractivity contribution in [1.29, 1.82) is 0 Å². The number of benzene rings is 3. The fourth-order valence-electron chi connectivity index (χ4n) is 5.04. The van der Waals surface area contributed by atoms with E-state index in [4.69, 9.17) is 4.74 Å². The molecule has 0 radical (unpaired) electrons. The van der Waals surface area contributed by atoms with Crippen LogP contribution in [0.3, 0.4) is 0 Å². The molecule has 4 atom stereocenters. The lowest BCUT2D eigenvalue weighted by Gasteiger charge is -2.28. The van der Waals surface area contributed by atoms with E-state index < -0.39 is 15.9 Å². The van der Waals surface area contributed by atoms with Crippen molar-refractivity contribution in [3.05, 3.63) is 102 Å². The van der Waals surface area contributed by atoms with Crippen molar-refractivity contribution < 1.29 is 22.7 Å². The molecule has 2 amide bonds. The zero-order valence-corrected chi connectivity index (χ0v) is 22.7. The van der Waals surface area contributed by atoms with Crippen molar-refractivity contribution in [3.63, 3.8) is 0 Å². The van der Waals surface area contributed by atoms with Crippen LogP contribution in [-0.2, 0) is 32.5 Å². The molecule has 4 rings (SSSR count). The molecule has 0 aromatic heterocycles. The Hall–Kier alpha value is -3.65. The van der Waals surface area contributed by atoms with E-state index in [0.29, 0.717) is 6.54 Å². The molecule has 1 fully saturated rings. The van der Waals surface area contributed by atoms with Crippen LogP contribution in [0.4, 0.5) is 4.79 Å². The third-order valence-electron chi connectivity index (χ3n) is 7.45. The lowest BCUT2D eigenvalue weighted by molar-refractivity contribution is -0.125. The van der Waals surface area contributed by atoms with E-state index in [-0.39, 0.29) is 40.7 Å². The third-order valence-corrected chi connectivity index (χ3v) is 8.58. The predicted molar refractivity (Wildman–Crippen MR) is 146 cm³/mol. The van der Waals surface area contributed by atoms with Crippen molar-refractivity contribution in [3.8, 4) is 0 Å². The maximum Gasteiger partial charge on any atom is 0.407 e. The molecule has 200 valence electrons. The van der Waals surface area contributed by atoms with Gasteiger partial charge >= 0.3 is 6.09 Å².